The molecule has 112 valence electrons. The summed E-state index contributed by atoms with van der Waals surface area (Å²) >= 11 is 0. The third-order valence-corrected chi connectivity index (χ3v) is 3.40. The van der Waals surface area contributed by atoms with Crippen molar-refractivity contribution in [1.82, 2.24) is 15.1 Å². The van der Waals surface area contributed by atoms with Crippen LogP contribution in [0.15, 0.2) is 42.7 Å². The van der Waals surface area contributed by atoms with Crippen molar-refractivity contribution in [3.8, 4) is 5.69 Å². The second-order valence-corrected chi connectivity index (χ2v) is 5.54. The molecule has 1 atom stereocenters. The number of ether oxygens (including phenoxy) is 1. The van der Waals surface area contributed by atoms with Crippen molar-refractivity contribution < 1.29 is 9.53 Å². The zero-order valence-corrected chi connectivity index (χ0v) is 12.8. The monoisotopic (exact) mass is 287 g/mol. The van der Waals surface area contributed by atoms with Gasteiger partial charge in [-0.3, -0.25) is 10.1 Å². The van der Waals surface area contributed by atoms with Crippen LogP contribution < -0.4 is 5.32 Å². The lowest BCUT2D eigenvalue weighted by molar-refractivity contribution is -0.147. The number of nitrogens with zero attached hydrogens (tertiary/aromatic N) is 2. The maximum absolute atomic E-state index is 11.7. The summed E-state index contributed by atoms with van der Waals surface area (Å²) in [6.07, 6.45) is 3.76. The number of para-hydroxylation sites is 1. The van der Waals surface area contributed by atoms with Crippen LogP contribution in [0.4, 0.5) is 0 Å². The Balaban J connectivity index is 2.13. The Kier molecular flexibility index (Phi) is 4.43. The summed E-state index contributed by atoms with van der Waals surface area (Å²) in [7, 11) is 1.39. The molecular weight excluding hydrogens is 266 g/mol. The molecule has 2 rings (SSSR count). The lowest BCUT2D eigenvalue weighted by Gasteiger charge is -2.27. The molecule has 0 saturated heterocycles. The van der Waals surface area contributed by atoms with Gasteiger partial charge >= 0.3 is 5.97 Å². The molecule has 2 aromatic rings. The van der Waals surface area contributed by atoms with E-state index in [1.54, 1.807) is 20.0 Å². The number of methoxy groups -OCH3 is 1. The Morgan fingerprint density at radius 3 is 2.62 bits per heavy atom. The van der Waals surface area contributed by atoms with E-state index in [4.69, 9.17) is 4.74 Å². The van der Waals surface area contributed by atoms with E-state index in [0.717, 1.165) is 11.3 Å². The van der Waals surface area contributed by atoms with Crippen molar-refractivity contribution in [3.05, 3.63) is 48.3 Å². The minimum atomic E-state index is -0.747. The van der Waals surface area contributed by atoms with Crippen LogP contribution in [-0.4, -0.2) is 28.4 Å². The molecular formula is C16H21N3O2. The van der Waals surface area contributed by atoms with Gasteiger partial charge in [0.05, 0.1) is 19.0 Å². The predicted molar refractivity (Wildman–Crippen MR) is 81.2 cm³/mol. The summed E-state index contributed by atoms with van der Waals surface area (Å²) in [5.74, 6) is -0.287. The van der Waals surface area contributed by atoms with Crippen LogP contribution in [0.3, 0.4) is 0 Å². The topological polar surface area (TPSA) is 56.1 Å². The van der Waals surface area contributed by atoms with E-state index >= 15 is 0 Å². The van der Waals surface area contributed by atoms with Gasteiger partial charge in [-0.25, -0.2) is 4.68 Å². The first kappa shape index (κ1) is 15.3. The zero-order chi connectivity index (χ0) is 15.5. The molecule has 1 aromatic heterocycles. The number of rotatable bonds is 5. The van der Waals surface area contributed by atoms with E-state index in [1.165, 1.54) is 7.11 Å². The lowest BCUT2D eigenvalue weighted by Crippen LogP contribution is -2.48. The second-order valence-electron chi connectivity index (χ2n) is 5.54. The van der Waals surface area contributed by atoms with Crippen molar-refractivity contribution in [3.63, 3.8) is 0 Å². The number of benzene rings is 1. The largest absolute Gasteiger partial charge is 0.468 e. The number of carbonyl (C=O) groups is 1. The number of carbonyl (C=O) groups excluding carboxylic acids is 1. The van der Waals surface area contributed by atoms with E-state index in [1.807, 2.05) is 48.1 Å². The summed E-state index contributed by atoms with van der Waals surface area (Å²) in [5, 5.41) is 7.62. The van der Waals surface area contributed by atoms with Crippen molar-refractivity contribution in [2.24, 2.45) is 0 Å². The fraction of sp³-hybridized carbons (Fsp3) is 0.375. The smallest absolute Gasteiger partial charge is 0.325 e. The van der Waals surface area contributed by atoms with Gasteiger partial charge in [-0.05, 0) is 32.9 Å². The molecule has 1 N–H and O–H groups in total. The first-order valence-electron chi connectivity index (χ1n) is 6.90. The highest BCUT2D eigenvalue weighted by Crippen LogP contribution is 2.18. The molecule has 0 bridgehead atoms. The van der Waals surface area contributed by atoms with E-state index in [2.05, 4.69) is 10.4 Å². The van der Waals surface area contributed by atoms with E-state index < -0.39 is 5.54 Å². The van der Waals surface area contributed by atoms with Gasteiger partial charge in [0.15, 0.2) is 0 Å². The molecule has 0 saturated carbocycles. The molecule has 1 heterocycles. The molecule has 1 aromatic carbocycles. The van der Waals surface area contributed by atoms with Gasteiger partial charge < -0.3 is 4.74 Å². The highest BCUT2D eigenvalue weighted by Gasteiger charge is 2.30. The van der Waals surface area contributed by atoms with Crippen LogP contribution in [0.5, 0.6) is 0 Å². The quantitative estimate of drug-likeness (QED) is 0.858. The lowest BCUT2D eigenvalue weighted by atomic mass is 10.0. The Morgan fingerprint density at radius 2 is 2.00 bits per heavy atom. The highest BCUT2D eigenvalue weighted by atomic mass is 16.5. The molecule has 21 heavy (non-hydrogen) atoms. The van der Waals surface area contributed by atoms with Gasteiger partial charge in [-0.15, -0.1) is 0 Å². The van der Waals surface area contributed by atoms with Crippen LogP contribution in [-0.2, 0) is 9.53 Å². The summed E-state index contributed by atoms with van der Waals surface area (Å²) in [6, 6.07) is 9.88. The molecule has 5 heteroatoms. The maximum atomic E-state index is 11.7. The maximum Gasteiger partial charge on any atom is 0.325 e. The molecule has 0 aliphatic carbocycles. The number of nitrogens with one attached hydrogen (secondary N) is 1. The fourth-order valence-electron chi connectivity index (χ4n) is 2.22. The average Bonchev–Trinajstić information content (AvgIpc) is 2.96. The summed E-state index contributed by atoms with van der Waals surface area (Å²) in [6.45, 7) is 5.60. The van der Waals surface area contributed by atoms with Crippen LogP contribution in [0.2, 0.25) is 0 Å². The Hall–Kier alpha value is -2.14. The Labute approximate surface area is 124 Å². The first-order valence-corrected chi connectivity index (χ1v) is 6.90. The zero-order valence-electron chi connectivity index (χ0n) is 12.8. The van der Waals surface area contributed by atoms with Crippen molar-refractivity contribution in [2.45, 2.75) is 32.4 Å². The molecule has 0 aliphatic rings. The van der Waals surface area contributed by atoms with Crippen LogP contribution in [0, 0.1) is 0 Å². The van der Waals surface area contributed by atoms with Gasteiger partial charge in [0.2, 0.25) is 0 Å². The minimum Gasteiger partial charge on any atom is -0.468 e. The van der Waals surface area contributed by atoms with E-state index in [9.17, 15) is 4.79 Å². The SMILES string of the molecule is COC(=O)C(C)(C)NC(C)c1cnn(-c2ccccc2)c1. The highest BCUT2D eigenvalue weighted by molar-refractivity contribution is 5.79. The number of esters is 1. The third-order valence-electron chi connectivity index (χ3n) is 3.40. The van der Waals surface area contributed by atoms with Gasteiger partial charge in [0.1, 0.15) is 5.54 Å². The van der Waals surface area contributed by atoms with Crippen molar-refractivity contribution >= 4 is 5.97 Å². The molecule has 0 amide bonds. The van der Waals surface area contributed by atoms with Crippen LogP contribution in [0.1, 0.15) is 32.4 Å². The fourth-order valence-corrected chi connectivity index (χ4v) is 2.22. The van der Waals surface area contributed by atoms with Crippen molar-refractivity contribution in [1.29, 1.82) is 0 Å². The molecule has 0 aliphatic heterocycles. The normalized spacial score (nSPS) is 13.0. The van der Waals surface area contributed by atoms with Gasteiger partial charge in [-0.1, -0.05) is 18.2 Å². The summed E-state index contributed by atoms with van der Waals surface area (Å²) in [5.41, 5.74) is 1.27. The predicted octanol–water partition coefficient (Wildman–Crippen LogP) is 2.47. The van der Waals surface area contributed by atoms with Gasteiger partial charge in [0, 0.05) is 17.8 Å². The third kappa shape index (κ3) is 3.49. The molecule has 1 unspecified atom stereocenters. The average molecular weight is 287 g/mol. The standard InChI is InChI=1S/C16H21N3O2/c1-12(18-16(2,3)15(20)21-4)13-10-17-19(11-13)14-8-6-5-7-9-14/h5-12,18H,1-4H3. The molecule has 0 spiro atoms. The Morgan fingerprint density at radius 1 is 1.33 bits per heavy atom. The molecule has 0 fully saturated rings. The van der Waals surface area contributed by atoms with E-state index in [0.29, 0.717) is 0 Å². The molecule has 0 radical (unpaired) electrons. The summed E-state index contributed by atoms with van der Waals surface area (Å²) in [4.78, 5) is 11.7. The summed E-state index contributed by atoms with van der Waals surface area (Å²) < 4.78 is 6.62. The second kappa shape index (κ2) is 6.10. The number of hydrogen-bond acceptors (Lipinski definition) is 4. The number of hydrogen-bond donors (Lipinski definition) is 1. The van der Waals surface area contributed by atoms with E-state index in [-0.39, 0.29) is 12.0 Å². The van der Waals surface area contributed by atoms with Gasteiger partial charge in [0.25, 0.3) is 0 Å². The minimum absolute atomic E-state index is 0.0171. The Bertz CT molecular complexity index is 605. The van der Waals surface area contributed by atoms with Crippen LogP contribution in [0.25, 0.3) is 5.69 Å². The van der Waals surface area contributed by atoms with Gasteiger partial charge in [-0.2, -0.15) is 5.10 Å². The number of aromatic nitrogens is 2. The van der Waals surface area contributed by atoms with Crippen LogP contribution >= 0.6 is 0 Å². The molecule has 5 nitrogen and oxygen atoms in total. The van der Waals surface area contributed by atoms with Crippen molar-refractivity contribution in [2.75, 3.05) is 7.11 Å². The first-order chi connectivity index (χ1) is 9.94.